The third-order valence-electron chi connectivity index (χ3n) is 5.72. The summed E-state index contributed by atoms with van der Waals surface area (Å²) in [6, 6.07) is 11.1. The number of anilines is 1. The lowest BCUT2D eigenvalue weighted by Gasteiger charge is -2.09. The van der Waals surface area contributed by atoms with Crippen LogP contribution in [0.2, 0.25) is 0 Å². The highest BCUT2D eigenvalue weighted by Gasteiger charge is 2.41. The summed E-state index contributed by atoms with van der Waals surface area (Å²) in [5.74, 6) is 0.214. The molecule has 5 rings (SSSR count). The van der Waals surface area contributed by atoms with Crippen molar-refractivity contribution in [3.05, 3.63) is 65.9 Å². The molecular weight excluding hydrogens is 422 g/mol. The molecule has 9 nitrogen and oxygen atoms in total. The van der Waals surface area contributed by atoms with E-state index < -0.39 is 0 Å². The van der Waals surface area contributed by atoms with E-state index in [9.17, 15) is 9.59 Å². The Kier molecular flexibility index (Phi) is 5.16. The Bertz CT molecular complexity index is 1350. The number of aromatic nitrogens is 4. The second-order valence-corrected chi connectivity index (χ2v) is 8.49. The fourth-order valence-corrected chi connectivity index (χ4v) is 3.47. The lowest BCUT2D eigenvalue weighted by molar-refractivity contribution is -0.150. The Hall–Kier alpha value is -4.01. The Morgan fingerprint density at radius 2 is 2.09 bits per heavy atom. The second kappa shape index (κ2) is 8.16. The van der Waals surface area contributed by atoms with E-state index in [1.165, 1.54) is 0 Å². The Morgan fingerprint density at radius 3 is 2.91 bits per heavy atom. The van der Waals surface area contributed by atoms with Gasteiger partial charge < -0.3 is 14.6 Å². The van der Waals surface area contributed by atoms with E-state index in [0.29, 0.717) is 40.7 Å². The number of carbonyl (C=O) groups excluding carboxylic acids is 2. The molecule has 3 aromatic heterocycles. The van der Waals surface area contributed by atoms with Crippen molar-refractivity contribution >= 4 is 23.2 Å². The fraction of sp³-hybridized carbons (Fsp3) is 0.292. The first kappa shape index (κ1) is 20.9. The number of pyridine rings is 1. The van der Waals surface area contributed by atoms with Gasteiger partial charge in [0, 0.05) is 23.9 Å². The summed E-state index contributed by atoms with van der Waals surface area (Å²) in [4.78, 5) is 33.5. The number of nitrogens with one attached hydrogen (secondary N) is 1. The highest BCUT2D eigenvalue weighted by atomic mass is 16.6. The summed E-state index contributed by atoms with van der Waals surface area (Å²) >= 11 is 0. The number of esters is 1. The number of hydrogen-bond donors (Lipinski definition) is 1. The predicted octanol–water partition coefficient (Wildman–Crippen LogP) is 3.97. The standard InChI is InChI=1S/C24H23N5O4/c1-15-6-7-16(22-27-20(33-28-22)8-9-21(30)32-24(2)10-11-24)13-17(15)26-23(31)18-14-25-19-5-3-4-12-29(18)19/h3-7,12-14H,8-11H2,1-2H3,(H,26,31). The molecule has 1 aliphatic rings. The quantitative estimate of drug-likeness (QED) is 0.428. The maximum absolute atomic E-state index is 12.9. The van der Waals surface area contributed by atoms with Gasteiger partial charge in [-0.05, 0) is 50.5 Å². The molecule has 0 atom stereocenters. The average molecular weight is 445 g/mol. The van der Waals surface area contributed by atoms with Crippen LogP contribution in [0, 0.1) is 6.92 Å². The van der Waals surface area contributed by atoms with Gasteiger partial charge >= 0.3 is 5.97 Å². The van der Waals surface area contributed by atoms with Crippen LogP contribution < -0.4 is 5.32 Å². The first-order chi connectivity index (χ1) is 15.9. The van der Waals surface area contributed by atoms with Crippen LogP contribution in [0.5, 0.6) is 0 Å². The Morgan fingerprint density at radius 1 is 1.24 bits per heavy atom. The number of benzene rings is 1. The number of ether oxygens (including phenoxy) is 1. The summed E-state index contributed by atoms with van der Waals surface area (Å²) in [6.07, 6.45) is 5.66. The van der Waals surface area contributed by atoms with E-state index in [2.05, 4.69) is 20.4 Å². The molecule has 1 saturated carbocycles. The molecule has 0 bridgehead atoms. The van der Waals surface area contributed by atoms with Crippen LogP contribution in [0.4, 0.5) is 5.69 Å². The van der Waals surface area contributed by atoms with Gasteiger partial charge in [-0.25, -0.2) is 4.98 Å². The first-order valence-electron chi connectivity index (χ1n) is 10.8. The largest absolute Gasteiger partial charge is 0.459 e. The molecule has 9 heteroatoms. The van der Waals surface area contributed by atoms with Crippen LogP contribution in [-0.2, 0) is 16.0 Å². The van der Waals surface area contributed by atoms with Crippen molar-refractivity contribution in [2.45, 2.75) is 45.1 Å². The van der Waals surface area contributed by atoms with Gasteiger partial charge in [0.2, 0.25) is 11.7 Å². The molecule has 1 fully saturated rings. The van der Waals surface area contributed by atoms with Gasteiger partial charge in [0.15, 0.2) is 0 Å². The number of carbonyl (C=O) groups is 2. The number of aryl methyl sites for hydroxylation is 2. The lowest BCUT2D eigenvalue weighted by atomic mass is 10.1. The number of fused-ring (bicyclic) bond motifs is 1. The number of hydrogen-bond acceptors (Lipinski definition) is 7. The minimum atomic E-state index is -0.289. The van der Waals surface area contributed by atoms with Crippen molar-refractivity contribution in [3.8, 4) is 11.4 Å². The van der Waals surface area contributed by atoms with Crippen LogP contribution in [0.3, 0.4) is 0 Å². The molecular formula is C24H23N5O4. The Labute approximate surface area is 189 Å². The van der Waals surface area contributed by atoms with Crippen molar-refractivity contribution in [1.29, 1.82) is 0 Å². The number of imidazole rings is 1. The van der Waals surface area contributed by atoms with E-state index in [1.807, 2.05) is 44.2 Å². The second-order valence-electron chi connectivity index (χ2n) is 8.49. The van der Waals surface area contributed by atoms with Crippen LogP contribution >= 0.6 is 0 Å². The van der Waals surface area contributed by atoms with Crippen molar-refractivity contribution in [2.75, 3.05) is 5.32 Å². The van der Waals surface area contributed by atoms with E-state index in [4.69, 9.17) is 9.26 Å². The van der Waals surface area contributed by atoms with Gasteiger partial charge in [-0.2, -0.15) is 4.98 Å². The molecule has 0 aliphatic heterocycles. The van der Waals surface area contributed by atoms with Gasteiger partial charge in [0.05, 0.1) is 12.6 Å². The first-order valence-corrected chi connectivity index (χ1v) is 10.8. The van der Waals surface area contributed by atoms with Crippen molar-refractivity contribution < 1.29 is 18.8 Å². The van der Waals surface area contributed by atoms with E-state index in [-0.39, 0.29) is 23.9 Å². The smallest absolute Gasteiger partial charge is 0.306 e. The predicted molar refractivity (Wildman–Crippen MR) is 120 cm³/mol. The lowest BCUT2D eigenvalue weighted by Crippen LogP contribution is -2.16. The van der Waals surface area contributed by atoms with Gasteiger partial charge in [-0.1, -0.05) is 23.4 Å². The zero-order valence-corrected chi connectivity index (χ0v) is 18.4. The fourth-order valence-electron chi connectivity index (χ4n) is 3.47. The SMILES string of the molecule is Cc1ccc(-c2noc(CCC(=O)OC3(C)CC3)n2)cc1NC(=O)c1cnc2ccccn12. The molecule has 0 spiro atoms. The highest BCUT2D eigenvalue weighted by Crippen LogP contribution is 2.39. The van der Waals surface area contributed by atoms with Crippen LogP contribution in [0.25, 0.3) is 17.0 Å². The molecule has 4 aromatic rings. The minimum absolute atomic E-state index is 0.186. The van der Waals surface area contributed by atoms with Gasteiger partial charge in [-0.3, -0.25) is 14.0 Å². The molecule has 0 saturated heterocycles. The van der Waals surface area contributed by atoms with Gasteiger partial charge in [0.1, 0.15) is 16.9 Å². The third kappa shape index (κ3) is 4.48. The summed E-state index contributed by atoms with van der Waals surface area (Å²) in [5.41, 5.74) is 3.06. The van der Waals surface area contributed by atoms with Gasteiger partial charge in [0.25, 0.3) is 5.91 Å². The maximum Gasteiger partial charge on any atom is 0.306 e. The molecule has 0 radical (unpaired) electrons. The summed E-state index contributed by atoms with van der Waals surface area (Å²) in [6.45, 7) is 3.83. The van der Waals surface area contributed by atoms with Gasteiger partial charge in [-0.15, -0.1) is 0 Å². The zero-order valence-electron chi connectivity index (χ0n) is 18.4. The third-order valence-corrected chi connectivity index (χ3v) is 5.72. The molecule has 1 aromatic carbocycles. The normalized spacial score (nSPS) is 14.2. The summed E-state index contributed by atoms with van der Waals surface area (Å²) < 4.78 is 12.4. The van der Waals surface area contributed by atoms with Crippen molar-refractivity contribution in [2.24, 2.45) is 0 Å². The average Bonchev–Trinajstić information content (AvgIpc) is 3.19. The molecule has 0 unspecified atom stereocenters. The summed E-state index contributed by atoms with van der Waals surface area (Å²) in [7, 11) is 0. The van der Waals surface area contributed by atoms with Crippen LogP contribution in [0.1, 0.15) is 48.1 Å². The molecule has 3 heterocycles. The molecule has 168 valence electrons. The van der Waals surface area contributed by atoms with Crippen molar-refractivity contribution in [3.63, 3.8) is 0 Å². The Balaban J connectivity index is 1.28. The molecule has 1 N–H and O–H groups in total. The summed E-state index contributed by atoms with van der Waals surface area (Å²) in [5, 5.41) is 6.97. The zero-order chi connectivity index (χ0) is 23.0. The number of amides is 1. The number of rotatable bonds is 7. The minimum Gasteiger partial charge on any atom is -0.459 e. The topological polar surface area (TPSA) is 112 Å². The maximum atomic E-state index is 12.9. The monoisotopic (exact) mass is 445 g/mol. The van der Waals surface area contributed by atoms with Crippen molar-refractivity contribution in [1.82, 2.24) is 19.5 Å². The van der Waals surface area contributed by atoms with E-state index >= 15 is 0 Å². The van der Waals surface area contributed by atoms with Crippen LogP contribution in [-0.4, -0.2) is 37.0 Å². The molecule has 1 aliphatic carbocycles. The highest BCUT2D eigenvalue weighted by molar-refractivity contribution is 6.04. The van der Waals surface area contributed by atoms with E-state index in [1.54, 1.807) is 22.9 Å². The molecule has 1 amide bonds. The number of nitrogens with zero attached hydrogens (tertiary/aromatic N) is 4. The molecule has 33 heavy (non-hydrogen) atoms. The van der Waals surface area contributed by atoms with E-state index in [0.717, 1.165) is 18.4 Å². The van der Waals surface area contributed by atoms with Crippen LogP contribution in [0.15, 0.2) is 53.3 Å².